The summed E-state index contributed by atoms with van der Waals surface area (Å²) in [6, 6.07) is 2.42. The van der Waals surface area contributed by atoms with E-state index in [9.17, 15) is 54.2 Å². The number of hydrogen-bond donors (Lipinski definition) is 2. The average Bonchev–Trinajstić information content (AvgIpc) is 3.08. The van der Waals surface area contributed by atoms with E-state index < -0.39 is 71.8 Å². The molecule has 2 aliphatic rings. The van der Waals surface area contributed by atoms with E-state index in [2.05, 4.69) is 15.3 Å². The highest BCUT2D eigenvalue weighted by Crippen LogP contribution is 2.43. The second-order valence-corrected chi connectivity index (χ2v) is 12.6. The van der Waals surface area contributed by atoms with Crippen molar-refractivity contribution in [3.8, 4) is 0 Å². The first-order chi connectivity index (χ1) is 24.8. The van der Waals surface area contributed by atoms with E-state index in [4.69, 9.17) is 9.57 Å². The number of anilines is 3. The fraction of sp³-hybridized carbons (Fsp3) is 0.471. The van der Waals surface area contributed by atoms with E-state index in [0.717, 1.165) is 23.3 Å². The van der Waals surface area contributed by atoms with Gasteiger partial charge in [0.15, 0.2) is 0 Å². The molecule has 1 aromatic heterocycles. The fourth-order valence-electron chi connectivity index (χ4n) is 6.43. The number of carboxylic acids is 1. The van der Waals surface area contributed by atoms with Gasteiger partial charge in [0.05, 0.1) is 64.6 Å². The number of rotatable bonds is 9. The maximum atomic E-state index is 13.9. The maximum Gasteiger partial charge on any atom is 0.533 e. The van der Waals surface area contributed by atoms with Gasteiger partial charge in [0.1, 0.15) is 0 Å². The number of ether oxygens (including phenoxy) is 1. The lowest BCUT2D eigenvalue weighted by atomic mass is 9.90. The fourth-order valence-corrected chi connectivity index (χ4v) is 6.43. The monoisotopic (exact) mass is 763 g/mol. The van der Waals surface area contributed by atoms with Crippen LogP contribution >= 0.6 is 0 Å². The number of carbonyl (C=O) groups excluding carboxylic acids is 1. The van der Waals surface area contributed by atoms with E-state index in [0.29, 0.717) is 18.6 Å². The zero-order valence-corrected chi connectivity index (χ0v) is 28.2. The maximum absolute atomic E-state index is 13.9. The molecule has 10 nitrogen and oxygen atoms in total. The van der Waals surface area contributed by atoms with Gasteiger partial charge in [-0.1, -0.05) is 6.92 Å². The van der Waals surface area contributed by atoms with Crippen molar-refractivity contribution in [3.05, 3.63) is 76.1 Å². The molecule has 2 aromatic carbocycles. The molecule has 3 aromatic rings. The number of carbonyl (C=O) groups is 2. The van der Waals surface area contributed by atoms with Gasteiger partial charge in [-0.3, -0.25) is 4.79 Å². The Bertz CT molecular complexity index is 1780. The molecule has 0 unspecified atom stereocenters. The van der Waals surface area contributed by atoms with Crippen LogP contribution in [0.4, 0.5) is 61.6 Å². The van der Waals surface area contributed by atoms with E-state index >= 15 is 0 Å². The first-order valence-corrected chi connectivity index (χ1v) is 16.5. The van der Waals surface area contributed by atoms with Crippen molar-refractivity contribution < 1.29 is 63.8 Å². The second-order valence-electron chi connectivity index (χ2n) is 12.6. The summed E-state index contributed by atoms with van der Waals surface area (Å²) in [5.41, 5.74) is -4.10. The molecule has 0 aliphatic carbocycles. The number of hydrogen-bond acceptors (Lipinski definition) is 9. The van der Waals surface area contributed by atoms with Gasteiger partial charge in [-0.15, -0.1) is 0 Å². The van der Waals surface area contributed by atoms with E-state index in [1.54, 1.807) is 11.8 Å². The van der Waals surface area contributed by atoms with Gasteiger partial charge >= 0.3 is 30.7 Å². The van der Waals surface area contributed by atoms with Crippen LogP contribution in [0.2, 0.25) is 0 Å². The number of piperidine rings is 1. The first kappa shape index (κ1) is 39.2. The van der Waals surface area contributed by atoms with Gasteiger partial charge in [0, 0.05) is 25.1 Å². The number of fused-ring (bicyclic) bond motifs is 1. The molecule has 3 heterocycles. The summed E-state index contributed by atoms with van der Waals surface area (Å²) in [4.78, 5) is 39.7. The molecule has 2 N–H and O–H groups in total. The summed E-state index contributed by atoms with van der Waals surface area (Å²) < 4.78 is 129. The van der Waals surface area contributed by atoms with Crippen molar-refractivity contribution in [1.82, 2.24) is 9.97 Å². The van der Waals surface area contributed by atoms with Crippen LogP contribution in [0.1, 0.15) is 79.1 Å². The highest BCUT2D eigenvalue weighted by Gasteiger charge is 2.40. The lowest BCUT2D eigenvalue weighted by Gasteiger charge is -2.40. The third-order valence-corrected chi connectivity index (χ3v) is 9.07. The Hall–Kier alpha value is -4.97. The molecule has 288 valence electrons. The average molecular weight is 764 g/mol. The quantitative estimate of drug-likeness (QED) is 0.162. The molecule has 2 atom stereocenters. The Morgan fingerprint density at radius 2 is 1.51 bits per heavy atom. The number of benzene rings is 2. The largest absolute Gasteiger partial charge is 0.533 e. The van der Waals surface area contributed by atoms with Crippen LogP contribution in [-0.2, 0) is 39.3 Å². The zero-order chi connectivity index (χ0) is 38.9. The van der Waals surface area contributed by atoms with Crippen LogP contribution in [0.3, 0.4) is 0 Å². The van der Waals surface area contributed by atoms with Crippen LogP contribution in [0.5, 0.6) is 0 Å². The normalized spacial score (nSPS) is 18.4. The summed E-state index contributed by atoms with van der Waals surface area (Å²) in [5.74, 6) is -1.88. The summed E-state index contributed by atoms with van der Waals surface area (Å²) in [6.07, 6.45) is -14.6. The Kier molecular flexibility index (Phi) is 11.2. The SMILES string of the molecule is CCOC(=O)ON1c2ccc(C(F)(F)F)cc2[C@@H](Nc2ncc(N3CCC(C(=O)O)CC3)c(Cc3cc(C(F)(F)F)cc(C(F)(F)F)c3)n2)C[C@H]1CC. The predicted octanol–water partition coefficient (Wildman–Crippen LogP) is 8.65. The number of aromatic nitrogens is 2. The Labute approximate surface area is 296 Å². The molecule has 0 amide bonds. The number of nitrogens with one attached hydrogen (secondary N) is 1. The third kappa shape index (κ3) is 9.16. The molecule has 0 saturated carbocycles. The van der Waals surface area contributed by atoms with Crippen molar-refractivity contribution in [2.45, 2.75) is 76.6 Å². The van der Waals surface area contributed by atoms with E-state index in [1.807, 2.05) is 0 Å². The van der Waals surface area contributed by atoms with Crippen molar-refractivity contribution in [2.24, 2.45) is 5.92 Å². The van der Waals surface area contributed by atoms with Gasteiger partial charge in [-0.25, -0.2) is 14.8 Å². The lowest BCUT2D eigenvalue weighted by molar-refractivity contribution is -0.144. The first-order valence-electron chi connectivity index (χ1n) is 16.5. The number of nitrogens with zero attached hydrogens (tertiary/aromatic N) is 4. The number of alkyl halides is 9. The van der Waals surface area contributed by atoms with Crippen LogP contribution < -0.4 is 15.3 Å². The molecular formula is C34H34F9N5O5. The Morgan fingerprint density at radius 3 is 2.06 bits per heavy atom. The van der Waals surface area contributed by atoms with Crippen molar-refractivity contribution in [3.63, 3.8) is 0 Å². The molecule has 1 fully saturated rings. The minimum absolute atomic E-state index is 0.00285. The van der Waals surface area contributed by atoms with E-state index in [-0.39, 0.29) is 79.2 Å². The smallest absolute Gasteiger partial charge is 0.481 e. The number of hydroxylamine groups is 1. The standard InChI is InChI=1S/C34H34F9N5O5/c1-3-23-16-25(24-15-20(32(35,36)37)5-6-27(24)48(23)53-31(51)52-4-2)45-30-44-17-28(47-9-7-19(8-10-47)29(49)50)26(46-30)13-18-11-21(33(38,39)40)14-22(12-18)34(41,42)43/h5-6,11-12,14-15,17,19,23,25H,3-4,7-10,13,16H2,1-2H3,(H,49,50)(H,44,45,46)/t23-,25+/m1/s1. The number of aliphatic carboxylic acids is 1. The predicted molar refractivity (Wildman–Crippen MR) is 171 cm³/mol. The molecule has 19 heteroatoms. The summed E-state index contributed by atoms with van der Waals surface area (Å²) in [6.45, 7) is 3.60. The minimum atomic E-state index is -5.11. The van der Waals surface area contributed by atoms with Gasteiger partial charge in [-0.2, -0.15) is 44.6 Å². The molecule has 1 saturated heterocycles. The van der Waals surface area contributed by atoms with Crippen molar-refractivity contribution in [1.29, 1.82) is 0 Å². The summed E-state index contributed by atoms with van der Waals surface area (Å²) in [7, 11) is 0. The minimum Gasteiger partial charge on any atom is -0.481 e. The summed E-state index contributed by atoms with van der Waals surface area (Å²) >= 11 is 0. The third-order valence-electron chi connectivity index (χ3n) is 9.07. The number of carboxylic acid groups (broad SMARTS) is 1. The van der Waals surface area contributed by atoms with Gasteiger partial charge < -0.3 is 24.9 Å². The Morgan fingerprint density at radius 1 is 0.887 bits per heavy atom. The molecule has 0 radical (unpaired) electrons. The molecule has 0 bridgehead atoms. The highest BCUT2D eigenvalue weighted by molar-refractivity contribution is 5.70. The number of halogens is 9. The summed E-state index contributed by atoms with van der Waals surface area (Å²) in [5, 5.41) is 13.6. The topological polar surface area (TPSA) is 117 Å². The highest BCUT2D eigenvalue weighted by atomic mass is 19.4. The van der Waals surface area contributed by atoms with Gasteiger partial charge in [-0.05, 0) is 74.6 Å². The Balaban J connectivity index is 1.57. The second kappa shape index (κ2) is 15.2. The van der Waals surface area contributed by atoms with E-state index in [1.165, 1.54) is 13.1 Å². The van der Waals surface area contributed by atoms with Crippen molar-refractivity contribution >= 4 is 29.4 Å². The van der Waals surface area contributed by atoms with Crippen LogP contribution in [0.25, 0.3) is 0 Å². The molecule has 5 rings (SSSR count). The molecule has 53 heavy (non-hydrogen) atoms. The molecule has 2 aliphatic heterocycles. The van der Waals surface area contributed by atoms with Crippen LogP contribution in [-0.4, -0.2) is 52.9 Å². The lowest BCUT2D eigenvalue weighted by Crippen LogP contribution is -2.43. The molecule has 0 spiro atoms. The van der Waals surface area contributed by atoms with Gasteiger partial charge in [0.2, 0.25) is 5.95 Å². The van der Waals surface area contributed by atoms with Crippen LogP contribution in [0, 0.1) is 5.92 Å². The van der Waals surface area contributed by atoms with Gasteiger partial charge in [0.25, 0.3) is 0 Å². The molecular weight excluding hydrogens is 729 g/mol. The van der Waals surface area contributed by atoms with Crippen LogP contribution in [0.15, 0.2) is 42.6 Å². The van der Waals surface area contributed by atoms with Crippen molar-refractivity contribution in [2.75, 3.05) is 35.0 Å². The zero-order valence-electron chi connectivity index (χ0n) is 28.2.